The highest BCUT2D eigenvalue weighted by Crippen LogP contribution is 2.29. The third kappa shape index (κ3) is 6.24. The van der Waals surface area contributed by atoms with Gasteiger partial charge in [0.05, 0.1) is 26.4 Å². The van der Waals surface area contributed by atoms with Gasteiger partial charge in [-0.3, -0.25) is 29.2 Å². The average molecular weight is 591 g/mol. The first kappa shape index (κ1) is 28.3. The van der Waals surface area contributed by atoms with Crippen molar-refractivity contribution >= 4 is 70.0 Å². The van der Waals surface area contributed by atoms with E-state index in [2.05, 4.69) is 9.80 Å². The van der Waals surface area contributed by atoms with E-state index >= 15 is 0 Å². The molecule has 0 saturated carbocycles. The van der Waals surface area contributed by atoms with Crippen molar-refractivity contribution in [1.82, 2.24) is 29.4 Å². The smallest absolute Gasteiger partial charge is 0.276 e. The van der Waals surface area contributed by atoms with Crippen LogP contribution in [0.5, 0.6) is 0 Å². The molecule has 4 saturated heterocycles. The third-order valence-electron chi connectivity index (χ3n) is 7.38. The highest BCUT2D eigenvalue weighted by atomic mass is 32.1. The first-order chi connectivity index (χ1) is 18.8. The number of likely N-dealkylation sites (N-methyl/N-ethyl adjacent to an activating group) is 2. The van der Waals surface area contributed by atoms with Crippen LogP contribution in [0.4, 0.5) is 0 Å². The van der Waals surface area contributed by atoms with Crippen molar-refractivity contribution in [2.24, 2.45) is 0 Å². The van der Waals surface area contributed by atoms with E-state index in [9.17, 15) is 9.59 Å². The fourth-order valence-electron chi connectivity index (χ4n) is 4.94. The fraction of sp³-hybridized carbons (Fsp3) is 0.538. The standard InChI is InChI=1S/C26H34N6O4S3/c1-27-21(23(33)31(25(27)37)7-5-29-9-13-35-14-10-29)17-19-3-4-20(39-19)18-22-24(34)32(26(38)28(22)2)8-6-30-11-15-36-16-12-30/h3-4,17-18H,5-16H2,1-2H3. The normalized spacial score (nSPS) is 23.9. The molecule has 4 fully saturated rings. The Bertz CT molecular complexity index is 1100. The van der Waals surface area contributed by atoms with Gasteiger partial charge in [0, 0.05) is 76.2 Å². The summed E-state index contributed by atoms with van der Waals surface area (Å²) < 4.78 is 10.8. The lowest BCUT2D eigenvalue weighted by atomic mass is 10.3. The number of carbonyl (C=O) groups excluding carboxylic acids is 2. The van der Waals surface area contributed by atoms with Gasteiger partial charge in [-0.2, -0.15) is 0 Å². The molecule has 1 aromatic heterocycles. The molecule has 10 nitrogen and oxygen atoms in total. The van der Waals surface area contributed by atoms with Crippen LogP contribution >= 0.6 is 35.8 Å². The lowest BCUT2D eigenvalue weighted by Crippen LogP contribution is -2.43. The Labute approximate surface area is 244 Å². The molecule has 0 atom stereocenters. The van der Waals surface area contributed by atoms with Crippen molar-refractivity contribution in [3.05, 3.63) is 33.3 Å². The molecule has 0 spiro atoms. The number of ether oxygens (including phenoxy) is 2. The maximum atomic E-state index is 13.2. The summed E-state index contributed by atoms with van der Waals surface area (Å²) in [6, 6.07) is 3.91. The van der Waals surface area contributed by atoms with Crippen LogP contribution in [-0.2, 0) is 19.1 Å². The topological polar surface area (TPSA) is 72.0 Å². The molecule has 1 aromatic rings. The number of thiophene rings is 1. The molecule has 0 aromatic carbocycles. The van der Waals surface area contributed by atoms with E-state index in [0.717, 1.165) is 75.5 Å². The lowest BCUT2D eigenvalue weighted by Gasteiger charge is -2.28. The molecule has 0 bridgehead atoms. The molecule has 0 aliphatic carbocycles. The number of hydrogen-bond donors (Lipinski definition) is 0. The van der Waals surface area contributed by atoms with E-state index in [-0.39, 0.29) is 11.8 Å². The number of morpholine rings is 2. The van der Waals surface area contributed by atoms with Crippen LogP contribution in [0.2, 0.25) is 0 Å². The van der Waals surface area contributed by atoms with Crippen LogP contribution < -0.4 is 0 Å². The third-order valence-corrected chi connectivity index (χ3v) is 9.35. The van der Waals surface area contributed by atoms with Crippen molar-refractivity contribution in [3.63, 3.8) is 0 Å². The summed E-state index contributed by atoms with van der Waals surface area (Å²) in [4.78, 5) is 39.7. The molecule has 2 amide bonds. The second kappa shape index (κ2) is 12.5. The first-order valence-electron chi connectivity index (χ1n) is 13.2. The SMILES string of the molecule is CN1C(=S)N(CCN2CCOCC2)C(=O)C1=Cc1ccc(C=C2C(=O)N(CCN3CCOCC3)C(=S)N2C)s1. The molecule has 4 aliphatic heterocycles. The Morgan fingerprint density at radius 2 is 1.10 bits per heavy atom. The quantitative estimate of drug-likeness (QED) is 0.326. The van der Waals surface area contributed by atoms with Gasteiger partial charge in [0.25, 0.3) is 11.8 Å². The summed E-state index contributed by atoms with van der Waals surface area (Å²) in [5, 5.41) is 1.03. The Balaban J connectivity index is 1.24. The van der Waals surface area contributed by atoms with E-state index in [0.29, 0.717) is 34.7 Å². The summed E-state index contributed by atoms with van der Waals surface area (Å²) in [6.45, 7) is 9.00. The van der Waals surface area contributed by atoms with Crippen molar-refractivity contribution in [3.8, 4) is 0 Å². The van der Waals surface area contributed by atoms with Crippen LogP contribution in [0.3, 0.4) is 0 Å². The van der Waals surface area contributed by atoms with Gasteiger partial charge in [0.15, 0.2) is 10.2 Å². The number of carbonyl (C=O) groups is 2. The molecule has 0 radical (unpaired) electrons. The van der Waals surface area contributed by atoms with Crippen LogP contribution in [0, 0.1) is 0 Å². The molecule has 0 unspecified atom stereocenters. The molecule has 210 valence electrons. The molecular weight excluding hydrogens is 557 g/mol. The van der Waals surface area contributed by atoms with Crippen LogP contribution in [0.15, 0.2) is 23.5 Å². The van der Waals surface area contributed by atoms with E-state index in [1.54, 1.807) is 19.6 Å². The minimum atomic E-state index is -0.0870. The zero-order valence-electron chi connectivity index (χ0n) is 22.3. The van der Waals surface area contributed by atoms with E-state index in [4.69, 9.17) is 33.9 Å². The van der Waals surface area contributed by atoms with Crippen molar-refractivity contribution in [2.75, 3.05) is 92.9 Å². The van der Waals surface area contributed by atoms with Crippen LogP contribution in [-0.4, -0.2) is 144 Å². The molecular formula is C26H34N6O4S3. The van der Waals surface area contributed by atoms with Gasteiger partial charge in [-0.25, -0.2) is 0 Å². The Morgan fingerprint density at radius 1 is 0.718 bits per heavy atom. The Kier molecular flexibility index (Phi) is 9.06. The van der Waals surface area contributed by atoms with E-state index in [1.807, 2.05) is 38.4 Å². The highest BCUT2D eigenvalue weighted by molar-refractivity contribution is 7.80. The van der Waals surface area contributed by atoms with Crippen molar-refractivity contribution in [2.45, 2.75) is 0 Å². The summed E-state index contributed by atoms with van der Waals surface area (Å²) in [6.07, 6.45) is 3.74. The molecule has 5 heterocycles. The van der Waals surface area contributed by atoms with Gasteiger partial charge < -0.3 is 19.3 Å². The second-order valence-corrected chi connectivity index (χ2v) is 11.7. The van der Waals surface area contributed by atoms with E-state index in [1.165, 1.54) is 11.3 Å². The number of thiocarbonyl (C=S) groups is 2. The average Bonchev–Trinajstić information content (AvgIpc) is 3.54. The Morgan fingerprint density at radius 3 is 1.49 bits per heavy atom. The Hall–Kier alpha value is -2.26. The zero-order valence-corrected chi connectivity index (χ0v) is 24.8. The maximum absolute atomic E-state index is 13.2. The zero-order chi connectivity index (χ0) is 27.5. The summed E-state index contributed by atoms with van der Waals surface area (Å²) >= 11 is 12.7. The number of amides is 2. The lowest BCUT2D eigenvalue weighted by molar-refractivity contribution is -0.123. The number of rotatable bonds is 8. The number of hydrogen-bond acceptors (Lipinski definition) is 9. The highest BCUT2D eigenvalue weighted by Gasteiger charge is 2.37. The summed E-state index contributed by atoms with van der Waals surface area (Å²) in [5.74, 6) is -0.174. The van der Waals surface area contributed by atoms with Crippen molar-refractivity contribution < 1.29 is 19.1 Å². The van der Waals surface area contributed by atoms with Gasteiger partial charge in [0.2, 0.25) is 0 Å². The van der Waals surface area contributed by atoms with Gasteiger partial charge >= 0.3 is 0 Å². The van der Waals surface area contributed by atoms with Crippen molar-refractivity contribution in [1.29, 1.82) is 0 Å². The largest absolute Gasteiger partial charge is 0.379 e. The second-order valence-electron chi connectivity index (χ2n) is 9.80. The van der Waals surface area contributed by atoms with Crippen LogP contribution in [0.25, 0.3) is 12.2 Å². The predicted molar refractivity (Wildman–Crippen MR) is 159 cm³/mol. The summed E-state index contributed by atoms with van der Waals surface area (Å²) in [5.41, 5.74) is 1.10. The minimum Gasteiger partial charge on any atom is -0.379 e. The number of nitrogens with zero attached hydrogens (tertiary/aromatic N) is 6. The van der Waals surface area contributed by atoms with E-state index < -0.39 is 0 Å². The van der Waals surface area contributed by atoms with Gasteiger partial charge in [-0.15, -0.1) is 11.3 Å². The maximum Gasteiger partial charge on any atom is 0.276 e. The van der Waals surface area contributed by atoms with Gasteiger partial charge in [0.1, 0.15) is 11.4 Å². The molecule has 13 heteroatoms. The van der Waals surface area contributed by atoms with Crippen LogP contribution in [0.1, 0.15) is 9.75 Å². The fourth-order valence-corrected chi connectivity index (χ4v) is 6.37. The minimum absolute atomic E-state index is 0.0870. The van der Waals surface area contributed by atoms with Gasteiger partial charge in [-0.05, 0) is 48.7 Å². The molecule has 39 heavy (non-hydrogen) atoms. The molecule has 4 aliphatic rings. The predicted octanol–water partition coefficient (Wildman–Crippen LogP) is 1.21. The first-order valence-corrected chi connectivity index (χ1v) is 14.8. The van der Waals surface area contributed by atoms with Gasteiger partial charge in [-0.1, -0.05) is 0 Å². The molecule has 5 rings (SSSR count). The molecule has 0 N–H and O–H groups in total. The monoisotopic (exact) mass is 590 g/mol. The summed E-state index contributed by atoms with van der Waals surface area (Å²) in [7, 11) is 3.66.